The number of carbonyl (C=O) groups excluding carboxylic acids is 3. The first-order valence-electron chi connectivity index (χ1n) is 19.9. The molecule has 5 rings (SSSR count). The second kappa shape index (κ2) is 17.5. The third kappa shape index (κ3) is 8.82. The summed E-state index contributed by atoms with van der Waals surface area (Å²) in [4.78, 5) is 41.3. The number of nitrogens with two attached hydrogens (primary N) is 3. The van der Waals surface area contributed by atoms with Gasteiger partial charge in [0.25, 0.3) is 0 Å². The Balaban J connectivity index is 1.39. The summed E-state index contributed by atoms with van der Waals surface area (Å²) in [6.07, 6.45) is 8.16. The molecule has 0 spiro atoms. The standard InChI is InChI=1S/C41H66N4O6/c1-27(9-8-22-45(4)26-28-10-6-5-7-11-28)31-12-13-32-39-33(25-35(41(31,32)3)51-38(48)17-21-44)40(2)18-14-30(49-36(46)15-19-42)23-29(40)24-34(39)50-37(47)16-20-43/h5-7,10-11,27,29-35,39H,8-9,12-26,42-44H2,1-4H3/t27-,29?,30-,31-,32?,33?,34?,35+,39?,40+,41-/m1/s1. The van der Waals surface area contributed by atoms with Gasteiger partial charge in [-0.25, -0.2) is 0 Å². The van der Waals surface area contributed by atoms with E-state index in [1.807, 2.05) is 0 Å². The van der Waals surface area contributed by atoms with Crippen molar-refractivity contribution in [3.05, 3.63) is 35.9 Å². The lowest BCUT2D eigenvalue weighted by molar-refractivity contribution is -0.225. The van der Waals surface area contributed by atoms with Gasteiger partial charge in [0.1, 0.15) is 18.3 Å². The number of hydrogen-bond donors (Lipinski definition) is 3. The highest BCUT2D eigenvalue weighted by Crippen LogP contribution is 2.69. The number of benzene rings is 1. The number of fused-ring (bicyclic) bond motifs is 5. The molecule has 5 unspecified atom stereocenters. The first-order chi connectivity index (χ1) is 24.4. The Hall–Kier alpha value is -2.53. The molecular formula is C41H66N4O6. The maximum atomic E-state index is 13.3. The zero-order valence-corrected chi connectivity index (χ0v) is 31.7. The maximum absolute atomic E-state index is 13.3. The zero-order chi connectivity index (χ0) is 36.8. The van der Waals surface area contributed by atoms with E-state index < -0.39 is 0 Å². The summed E-state index contributed by atoms with van der Waals surface area (Å²) in [7, 11) is 2.19. The normalized spacial score (nSPS) is 34.9. The molecule has 1 aromatic carbocycles. The molecule has 4 fully saturated rings. The Morgan fingerprint density at radius 2 is 1.49 bits per heavy atom. The lowest BCUT2D eigenvalue weighted by Gasteiger charge is -2.64. The predicted molar refractivity (Wildman–Crippen MR) is 198 cm³/mol. The van der Waals surface area contributed by atoms with E-state index in [4.69, 9.17) is 31.4 Å². The largest absolute Gasteiger partial charge is 0.462 e. The second-order valence-electron chi connectivity index (χ2n) is 16.9. The van der Waals surface area contributed by atoms with Gasteiger partial charge in [0.05, 0.1) is 19.3 Å². The molecular weight excluding hydrogens is 644 g/mol. The minimum atomic E-state index is -0.253. The van der Waals surface area contributed by atoms with Gasteiger partial charge in [-0.3, -0.25) is 14.4 Å². The SMILES string of the molecule is C[C@H](CCCN(C)Cc1ccccc1)[C@H]1CCC2C3C(OC(=O)CCN)CC4C[C@H](OC(=O)CCN)CC[C@]4(C)C3C[C@H](OC(=O)CCN)[C@@]21C. The molecule has 0 aliphatic heterocycles. The second-order valence-corrected chi connectivity index (χ2v) is 16.9. The number of ether oxygens (including phenoxy) is 3. The average molecular weight is 711 g/mol. The van der Waals surface area contributed by atoms with E-state index in [0.29, 0.717) is 11.8 Å². The van der Waals surface area contributed by atoms with Gasteiger partial charge >= 0.3 is 17.9 Å². The van der Waals surface area contributed by atoms with Crippen LogP contribution in [-0.4, -0.2) is 74.3 Å². The zero-order valence-electron chi connectivity index (χ0n) is 31.7. The molecule has 10 heteroatoms. The molecule has 286 valence electrons. The molecule has 51 heavy (non-hydrogen) atoms. The summed E-state index contributed by atoms with van der Waals surface area (Å²) in [6.45, 7) is 9.90. The van der Waals surface area contributed by atoms with E-state index >= 15 is 0 Å². The van der Waals surface area contributed by atoms with E-state index in [1.165, 1.54) is 5.56 Å². The van der Waals surface area contributed by atoms with Gasteiger partial charge in [0.2, 0.25) is 0 Å². The van der Waals surface area contributed by atoms with Crippen LogP contribution in [0.3, 0.4) is 0 Å². The molecule has 0 saturated heterocycles. The summed E-state index contributed by atoms with van der Waals surface area (Å²) in [5.41, 5.74) is 18.3. The summed E-state index contributed by atoms with van der Waals surface area (Å²) in [5, 5.41) is 0. The molecule has 0 amide bonds. The maximum Gasteiger partial charge on any atom is 0.307 e. The summed E-state index contributed by atoms with van der Waals surface area (Å²) in [6, 6.07) is 10.6. The van der Waals surface area contributed by atoms with E-state index in [9.17, 15) is 14.4 Å². The Morgan fingerprint density at radius 3 is 2.16 bits per heavy atom. The smallest absolute Gasteiger partial charge is 0.307 e. The summed E-state index contributed by atoms with van der Waals surface area (Å²) >= 11 is 0. The highest BCUT2D eigenvalue weighted by molar-refractivity contribution is 5.70. The van der Waals surface area contributed by atoms with Crippen LogP contribution < -0.4 is 17.2 Å². The highest BCUT2D eigenvalue weighted by Gasteiger charge is 2.67. The average Bonchev–Trinajstić information content (AvgIpc) is 3.44. The molecule has 0 aromatic heterocycles. The van der Waals surface area contributed by atoms with Crippen molar-refractivity contribution >= 4 is 17.9 Å². The Labute approximate surface area is 306 Å². The van der Waals surface area contributed by atoms with Crippen LogP contribution in [0.25, 0.3) is 0 Å². The Morgan fingerprint density at radius 1 is 0.843 bits per heavy atom. The molecule has 6 N–H and O–H groups in total. The number of hydrogen-bond acceptors (Lipinski definition) is 10. The lowest BCUT2D eigenvalue weighted by atomic mass is 9.43. The van der Waals surface area contributed by atoms with Crippen LogP contribution in [-0.2, 0) is 35.1 Å². The fourth-order valence-electron chi connectivity index (χ4n) is 11.4. The first kappa shape index (κ1) is 39.7. The van der Waals surface area contributed by atoms with E-state index in [-0.39, 0.29) is 110 Å². The van der Waals surface area contributed by atoms with Crippen LogP contribution in [0, 0.1) is 46.3 Å². The molecule has 0 bridgehead atoms. The van der Waals surface area contributed by atoms with Crippen molar-refractivity contribution in [2.24, 2.45) is 63.5 Å². The molecule has 4 saturated carbocycles. The fourth-order valence-corrected chi connectivity index (χ4v) is 11.4. The third-order valence-corrected chi connectivity index (χ3v) is 13.8. The van der Waals surface area contributed by atoms with Crippen LogP contribution in [0.5, 0.6) is 0 Å². The summed E-state index contributed by atoms with van der Waals surface area (Å²) < 4.78 is 18.8. The van der Waals surface area contributed by atoms with Gasteiger partial charge in [-0.15, -0.1) is 0 Å². The van der Waals surface area contributed by atoms with Gasteiger partial charge in [0.15, 0.2) is 0 Å². The van der Waals surface area contributed by atoms with Crippen molar-refractivity contribution in [3.8, 4) is 0 Å². The number of carbonyl (C=O) groups is 3. The molecule has 1 aromatic rings. The van der Waals surface area contributed by atoms with E-state index in [1.54, 1.807) is 0 Å². The van der Waals surface area contributed by atoms with Crippen LogP contribution in [0.1, 0.15) is 103 Å². The van der Waals surface area contributed by atoms with Crippen molar-refractivity contribution in [1.82, 2.24) is 4.90 Å². The van der Waals surface area contributed by atoms with Crippen molar-refractivity contribution in [2.45, 2.75) is 123 Å². The van der Waals surface area contributed by atoms with Gasteiger partial charge in [-0.1, -0.05) is 51.1 Å². The molecule has 0 heterocycles. The van der Waals surface area contributed by atoms with Gasteiger partial charge < -0.3 is 36.3 Å². The van der Waals surface area contributed by atoms with Crippen molar-refractivity contribution in [1.29, 1.82) is 0 Å². The predicted octanol–water partition coefficient (Wildman–Crippen LogP) is 5.20. The fraction of sp³-hybridized carbons (Fsp3) is 0.780. The highest BCUT2D eigenvalue weighted by atomic mass is 16.6. The molecule has 4 aliphatic carbocycles. The van der Waals surface area contributed by atoms with Crippen LogP contribution in [0.4, 0.5) is 0 Å². The minimum absolute atomic E-state index is 0.0644. The monoisotopic (exact) mass is 710 g/mol. The van der Waals surface area contributed by atoms with Gasteiger partial charge in [0, 0.05) is 37.5 Å². The first-order valence-corrected chi connectivity index (χ1v) is 19.9. The Kier molecular flexibility index (Phi) is 13.6. The number of rotatable bonds is 16. The lowest BCUT2D eigenvalue weighted by Crippen LogP contribution is -2.63. The van der Waals surface area contributed by atoms with Crippen LogP contribution >= 0.6 is 0 Å². The minimum Gasteiger partial charge on any atom is -0.462 e. The van der Waals surface area contributed by atoms with E-state index in [0.717, 1.165) is 70.9 Å². The van der Waals surface area contributed by atoms with E-state index in [2.05, 4.69) is 63.1 Å². The van der Waals surface area contributed by atoms with Crippen molar-refractivity contribution in [3.63, 3.8) is 0 Å². The molecule has 4 aliphatic rings. The van der Waals surface area contributed by atoms with Crippen LogP contribution in [0.2, 0.25) is 0 Å². The topological polar surface area (TPSA) is 160 Å². The Bertz CT molecular complexity index is 1310. The molecule has 0 radical (unpaired) electrons. The van der Waals surface area contributed by atoms with Gasteiger partial charge in [-0.2, -0.15) is 0 Å². The summed E-state index contributed by atoms with van der Waals surface area (Å²) in [5.74, 6) is 0.910. The van der Waals surface area contributed by atoms with Crippen molar-refractivity contribution < 1.29 is 28.6 Å². The quantitative estimate of drug-likeness (QED) is 0.154. The molecule has 10 nitrogen and oxygen atoms in total. The number of esters is 3. The van der Waals surface area contributed by atoms with Crippen LogP contribution in [0.15, 0.2) is 30.3 Å². The molecule has 11 atom stereocenters. The third-order valence-electron chi connectivity index (χ3n) is 13.8. The van der Waals surface area contributed by atoms with Crippen molar-refractivity contribution in [2.75, 3.05) is 33.2 Å². The van der Waals surface area contributed by atoms with Gasteiger partial charge in [-0.05, 0) is 112 Å². The number of nitrogens with zero attached hydrogens (tertiary/aromatic N) is 1.